The Hall–Kier alpha value is -1.80. The Morgan fingerprint density at radius 1 is 1.11 bits per heavy atom. The molecule has 0 aliphatic carbocycles. The van der Waals surface area contributed by atoms with E-state index in [0.29, 0.717) is 11.6 Å². The van der Waals surface area contributed by atoms with E-state index in [1.54, 1.807) is 4.90 Å². The van der Waals surface area contributed by atoms with Gasteiger partial charge in [-0.15, -0.1) is 0 Å². The summed E-state index contributed by atoms with van der Waals surface area (Å²) in [6.07, 6.45) is 0. The van der Waals surface area contributed by atoms with Crippen molar-refractivity contribution in [2.24, 2.45) is 0 Å². The maximum absolute atomic E-state index is 12.3. The van der Waals surface area contributed by atoms with E-state index in [0.717, 1.165) is 16.7 Å². The van der Waals surface area contributed by atoms with Gasteiger partial charge in [0.05, 0.1) is 0 Å². The van der Waals surface area contributed by atoms with Crippen LogP contribution in [0.1, 0.15) is 21.5 Å². The van der Waals surface area contributed by atoms with Crippen molar-refractivity contribution in [3.63, 3.8) is 0 Å². The van der Waals surface area contributed by atoms with Crippen molar-refractivity contribution in [1.29, 1.82) is 0 Å². The molecule has 0 saturated heterocycles. The summed E-state index contributed by atoms with van der Waals surface area (Å²) in [5, 5.41) is 0.705. The van der Waals surface area contributed by atoms with Crippen molar-refractivity contribution >= 4 is 17.5 Å². The van der Waals surface area contributed by atoms with Gasteiger partial charge in [-0.25, -0.2) is 0 Å². The maximum atomic E-state index is 12.3. The maximum Gasteiger partial charge on any atom is 0.254 e. The second-order valence-electron chi connectivity index (χ2n) is 4.60. The molecule has 19 heavy (non-hydrogen) atoms. The molecule has 0 radical (unpaired) electrons. The highest BCUT2D eigenvalue weighted by molar-refractivity contribution is 6.30. The molecular weight excluding hydrogens is 258 g/mol. The second kappa shape index (κ2) is 5.89. The Balaban J connectivity index is 2.12. The van der Waals surface area contributed by atoms with Gasteiger partial charge in [-0.1, -0.05) is 41.9 Å². The van der Waals surface area contributed by atoms with Crippen LogP contribution in [0.25, 0.3) is 0 Å². The quantitative estimate of drug-likeness (QED) is 0.830. The van der Waals surface area contributed by atoms with Gasteiger partial charge in [-0.2, -0.15) is 0 Å². The molecule has 0 unspecified atom stereocenters. The molecule has 2 rings (SSSR count). The summed E-state index contributed by atoms with van der Waals surface area (Å²) in [7, 11) is 1.81. The standard InChI is InChI=1S/C16H16ClNO/c1-12-5-3-4-6-15(12)16(19)18(2)11-13-7-9-14(17)10-8-13/h3-10H,11H2,1-2H3. The van der Waals surface area contributed by atoms with Crippen molar-refractivity contribution in [2.75, 3.05) is 7.05 Å². The summed E-state index contributed by atoms with van der Waals surface area (Å²) in [5.41, 5.74) is 2.81. The first-order chi connectivity index (χ1) is 9.08. The van der Waals surface area contributed by atoms with Crippen LogP contribution < -0.4 is 0 Å². The molecule has 98 valence electrons. The molecule has 0 N–H and O–H groups in total. The summed E-state index contributed by atoms with van der Waals surface area (Å²) in [5.74, 6) is 0.0352. The minimum absolute atomic E-state index is 0.0352. The molecule has 0 fully saturated rings. The lowest BCUT2D eigenvalue weighted by molar-refractivity contribution is 0.0784. The van der Waals surface area contributed by atoms with Crippen LogP contribution in [0.15, 0.2) is 48.5 Å². The highest BCUT2D eigenvalue weighted by Gasteiger charge is 2.13. The molecule has 0 aliphatic heterocycles. The van der Waals surface area contributed by atoms with Crippen molar-refractivity contribution < 1.29 is 4.79 Å². The summed E-state index contributed by atoms with van der Waals surface area (Å²) < 4.78 is 0. The zero-order chi connectivity index (χ0) is 13.8. The van der Waals surface area contributed by atoms with E-state index in [2.05, 4.69) is 0 Å². The minimum atomic E-state index is 0.0352. The number of carbonyl (C=O) groups is 1. The van der Waals surface area contributed by atoms with Crippen LogP contribution in [-0.2, 0) is 6.54 Å². The first kappa shape index (κ1) is 13.6. The van der Waals surface area contributed by atoms with E-state index in [1.165, 1.54) is 0 Å². The third-order valence-corrected chi connectivity index (χ3v) is 3.31. The highest BCUT2D eigenvalue weighted by Crippen LogP contribution is 2.14. The van der Waals surface area contributed by atoms with Gasteiger partial charge in [0.2, 0.25) is 0 Å². The predicted molar refractivity (Wildman–Crippen MR) is 78.4 cm³/mol. The molecule has 0 aliphatic rings. The number of aryl methyl sites for hydroxylation is 1. The number of hydrogen-bond acceptors (Lipinski definition) is 1. The lowest BCUT2D eigenvalue weighted by atomic mass is 10.1. The van der Waals surface area contributed by atoms with Gasteiger partial charge in [0.1, 0.15) is 0 Å². The predicted octanol–water partition coefficient (Wildman–Crippen LogP) is 3.92. The van der Waals surface area contributed by atoms with Gasteiger partial charge in [0.15, 0.2) is 0 Å². The van der Waals surface area contributed by atoms with E-state index in [1.807, 2.05) is 62.5 Å². The van der Waals surface area contributed by atoms with Crippen molar-refractivity contribution in [2.45, 2.75) is 13.5 Å². The normalized spacial score (nSPS) is 10.3. The Kier molecular flexibility index (Phi) is 4.23. The number of carbonyl (C=O) groups excluding carboxylic acids is 1. The zero-order valence-corrected chi connectivity index (χ0v) is 11.8. The number of nitrogens with zero attached hydrogens (tertiary/aromatic N) is 1. The molecule has 2 aromatic rings. The lowest BCUT2D eigenvalue weighted by Gasteiger charge is -2.18. The second-order valence-corrected chi connectivity index (χ2v) is 5.04. The number of hydrogen-bond donors (Lipinski definition) is 0. The fourth-order valence-corrected chi connectivity index (χ4v) is 2.08. The number of rotatable bonds is 3. The van der Waals surface area contributed by atoms with Crippen LogP contribution in [0.3, 0.4) is 0 Å². The van der Waals surface area contributed by atoms with Crippen LogP contribution in [0.5, 0.6) is 0 Å². The average molecular weight is 274 g/mol. The van der Waals surface area contributed by atoms with Gasteiger partial charge in [0.25, 0.3) is 5.91 Å². The molecule has 1 amide bonds. The Morgan fingerprint density at radius 3 is 2.37 bits per heavy atom. The molecule has 3 heteroatoms. The number of halogens is 1. The topological polar surface area (TPSA) is 20.3 Å². The molecule has 0 saturated carbocycles. The van der Waals surface area contributed by atoms with E-state index < -0.39 is 0 Å². The van der Waals surface area contributed by atoms with Crippen LogP contribution in [0.2, 0.25) is 5.02 Å². The Bertz CT molecular complexity index is 578. The highest BCUT2D eigenvalue weighted by atomic mass is 35.5. The number of benzene rings is 2. The monoisotopic (exact) mass is 273 g/mol. The largest absolute Gasteiger partial charge is 0.337 e. The minimum Gasteiger partial charge on any atom is -0.337 e. The third-order valence-electron chi connectivity index (χ3n) is 3.06. The first-order valence-corrected chi connectivity index (χ1v) is 6.51. The molecule has 0 spiro atoms. The van der Waals surface area contributed by atoms with Gasteiger partial charge < -0.3 is 4.90 Å². The summed E-state index contributed by atoms with van der Waals surface area (Å²) >= 11 is 5.85. The van der Waals surface area contributed by atoms with Gasteiger partial charge >= 0.3 is 0 Å². The molecule has 2 nitrogen and oxygen atoms in total. The van der Waals surface area contributed by atoms with Crippen molar-refractivity contribution in [1.82, 2.24) is 4.90 Å². The summed E-state index contributed by atoms with van der Waals surface area (Å²) in [4.78, 5) is 14.1. The Morgan fingerprint density at radius 2 is 1.74 bits per heavy atom. The van der Waals surface area contributed by atoms with Gasteiger partial charge in [-0.3, -0.25) is 4.79 Å². The first-order valence-electron chi connectivity index (χ1n) is 6.13. The van der Waals surface area contributed by atoms with Gasteiger partial charge in [0, 0.05) is 24.2 Å². The van der Waals surface area contributed by atoms with Crippen LogP contribution in [-0.4, -0.2) is 17.9 Å². The summed E-state index contributed by atoms with van der Waals surface area (Å²) in [6, 6.07) is 15.2. The molecule has 2 aromatic carbocycles. The van der Waals surface area contributed by atoms with Crippen LogP contribution in [0.4, 0.5) is 0 Å². The fraction of sp³-hybridized carbons (Fsp3) is 0.188. The SMILES string of the molecule is Cc1ccccc1C(=O)N(C)Cc1ccc(Cl)cc1. The Labute approximate surface area is 118 Å². The van der Waals surface area contributed by atoms with E-state index in [9.17, 15) is 4.79 Å². The molecule has 0 aromatic heterocycles. The molecule has 0 bridgehead atoms. The van der Waals surface area contributed by atoms with Crippen molar-refractivity contribution in [3.8, 4) is 0 Å². The van der Waals surface area contributed by atoms with Gasteiger partial charge in [-0.05, 0) is 36.2 Å². The molecule has 0 atom stereocenters. The van der Waals surface area contributed by atoms with E-state index in [-0.39, 0.29) is 5.91 Å². The smallest absolute Gasteiger partial charge is 0.254 e. The van der Waals surface area contributed by atoms with E-state index >= 15 is 0 Å². The third kappa shape index (κ3) is 3.36. The van der Waals surface area contributed by atoms with Crippen LogP contribution >= 0.6 is 11.6 Å². The van der Waals surface area contributed by atoms with Crippen LogP contribution in [0, 0.1) is 6.92 Å². The summed E-state index contributed by atoms with van der Waals surface area (Å²) in [6.45, 7) is 2.52. The molecule has 0 heterocycles. The van der Waals surface area contributed by atoms with E-state index in [4.69, 9.17) is 11.6 Å². The lowest BCUT2D eigenvalue weighted by Crippen LogP contribution is -2.26. The zero-order valence-electron chi connectivity index (χ0n) is 11.1. The fourth-order valence-electron chi connectivity index (χ4n) is 1.95. The molecular formula is C16H16ClNO. The number of amides is 1. The van der Waals surface area contributed by atoms with Crippen molar-refractivity contribution in [3.05, 3.63) is 70.2 Å². The average Bonchev–Trinajstić information content (AvgIpc) is 2.41.